The fraction of sp³-hybridized carbons (Fsp3) is 0.0667. The first-order valence-electron chi connectivity index (χ1n) is 6.14. The molecule has 2 aromatic heterocycles. The molecule has 3 N–H and O–H groups in total. The number of nitrogens with two attached hydrogens (primary N) is 1. The highest BCUT2D eigenvalue weighted by molar-refractivity contribution is 7.13. The zero-order valence-electron chi connectivity index (χ0n) is 10.9. The molecule has 0 amide bonds. The van der Waals surface area contributed by atoms with Crippen molar-refractivity contribution in [3.05, 3.63) is 47.6 Å². The van der Waals surface area contributed by atoms with Gasteiger partial charge in [-0.1, -0.05) is 12.1 Å². The summed E-state index contributed by atoms with van der Waals surface area (Å²) in [6.07, 6.45) is 1.80. The molecule has 0 atom stereocenters. The van der Waals surface area contributed by atoms with Crippen LogP contribution in [0, 0.1) is 0 Å². The number of nitrogens with zero attached hydrogens (tertiary/aromatic N) is 1. The second-order valence-corrected chi connectivity index (χ2v) is 5.38. The molecule has 0 aliphatic carbocycles. The summed E-state index contributed by atoms with van der Waals surface area (Å²) in [5.41, 5.74) is 9.88. The number of nitrogen functional groups attached to an aromatic ring is 1. The Morgan fingerprint density at radius 2 is 2.15 bits per heavy atom. The number of H-pyrrole nitrogens is 1. The van der Waals surface area contributed by atoms with E-state index in [1.807, 2.05) is 35.7 Å². The van der Waals surface area contributed by atoms with Crippen LogP contribution in [-0.2, 0) is 0 Å². The second-order valence-electron chi connectivity index (χ2n) is 4.52. The monoisotopic (exact) mass is 283 g/mol. The molecular weight excluding hydrogens is 270 g/mol. The summed E-state index contributed by atoms with van der Waals surface area (Å²) >= 11 is 1.56. The lowest BCUT2D eigenvalue weighted by atomic mass is 10.2. The topological polar surface area (TPSA) is 71.8 Å². The Morgan fingerprint density at radius 1 is 1.30 bits per heavy atom. The highest BCUT2D eigenvalue weighted by Crippen LogP contribution is 2.30. The number of carbonyl (C=O) groups excluding carboxylic acids is 1. The first kappa shape index (κ1) is 12.6. The number of hydrogen-bond donors (Lipinski definition) is 2. The van der Waals surface area contributed by atoms with Crippen molar-refractivity contribution in [2.24, 2.45) is 0 Å². The van der Waals surface area contributed by atoms with Crippen LogP contribution in [-0.4, -0.2) is 15.8 Å². The van der Waals surface area contributed by atoms with Crippen molar-refractivity contribution in [1.29, 1.82) is 0 Å². The summed E-state index contributed by atoms with van der Waals surface area (Å²) in [6.45, 7) is 1.54. The van der Waals surface area contributed by atoms with Crippen molar-refractivity contribution < 1.29 is 4.79 Å². The summed E-state index contributed by atoms with van der Waals surface area (Å²) in [6, 6.07) is 9.47. The number of benzene rings is 1. The largest absolute Gasteiger partial charge is 0.399 e. The molecule has 2 heterocycles. The third-order valence-electron chi connectivity index (χ3n) is 3.00. The van der Waals surface area contributed by atoms with Crippen molar-refractivity contribution in [2.75, 3.05) is 5.73 Å². The number of aromatic nitrogens is 2. The van der Waals surface area contributed by atoms with E-state index in [4.69, 9.17) is 5.73 Å². The van der Waals surface area contributed by atoms with Crippen LogP contribution in [0.15, 0.2) is 41.9 Å². The molecule has 0 radical (unpaired) electrons. The first-order valence-corrected chi connectivity index (χ1v) is 7.02. The number of carbonyl (C=O) groups is 1. The minimum absolute atomic E-state index is 0.0162. The van der Waals surface area contributed by atoms with Gasteiger partial charge in [0, 0.05) is 35.3 Å². The Hall–Kier alpha value is -2.40. The Balaban J connectivity index is 1.95. The maximum absolute atomic E-state index is 11.3. The fourth-order valence-corrected chi connectivity index (χ4v) is 2.78. The van der Waals surface area contributed by atoms with E-state index < -0.39 is 0 Å². The normalized spacial score (nSPS) is 10.7. The zero-order chi connectivity index (χ0) is 14.1. The average Bonchev–Trinajstić information content (AvgIpc) is 3.08. The molecule has 0 saturated carbocycles. The fourth-order valence-electron chi connectivity index (χ4n) is 1.96. The smallest absolute Gasteiger partial charge is 0.175 e. The molecule has 1 aromatic carbocycles. The molecule has 0 aliphatic heterocycles. The van der Waals surface area contributed by atoms with Gasteiger partial charge in [-0.3, -0.25) is 4.79 Å². The van der Waals surface area contributed by atoms with E-state index >= 15 is 0 Å². The van der Waals surface area contributed by atoms with Gasteiger partial charge in [-0.15, -0.1) is 11.3 Å². The third-order valence-corrected chi connectivity index (χ3v) is 3.89. The molecule has 0 unspecified atom stereocenters. The predicted octanol–water partition coefficient (Wildman–Crippen LogP) is 3.59. The molecule has 0 saturated heterocycles. The SMILES string of the molecule is CC(=O)c1cc(-c2csc(-c3cccc(N)c3)n2)c[nH]1. The predicted molar refractivity (Wildman–Crippen MR) is 81.8 cm³/mol. The molecule has 0 bridgehead atoms. The lowest BCUT2D eigenvalue weighted by molar-refractivity contribution is 0.101. The number of aromatic amines is 1. The van der Waals surface area contributed by atoms with E-state index in [2.05, 4.69) is 9.97 Å². The number of thiazole rings is 1. The Bertz CT molecular complexity index is 773. The van der Waals surface area contributed by atoms with Gasteiger partial charge in [0.2, 0.25) is 0 Å². The molecule has 100 valence electrons. The molecular formula is C15H13N3OS. The number of ketones is 1. The van der Waals surface area contributed by atoms with E-state index in [0.29, 0.717) is 5.69 Å². The average molecular weight is 283 g/mol. The number of rotatable bonds is 3. The molecule has 3 aromatic rings. The maximum atomic E-state index is 11.3. The van der Waals surface area contributed by atoms with Crippen molar-refractivity contribution in [3.63, 3.8) is 0 Å². The number of anilines is 1. The molecule has 0 fully saturated rings. The third kappa shape index (κ3) is 2.35. The van der Waals surface area contributed by atoms with Crippen molar-refractivity contribution in [2.45, 2.75) is 6.92 Å². The van der Waals surface area contributed by atoms with Crippen LogP contribution in [0.1, 0.15) is 17.4 Å². The van der Waals surface area contributed by atoms with E-state index in [0.717, 1.165) is 27.5 Å². The number of hydrogen-bond acceptors (Lipinski definition) is 4. The van der Waals surface area contributed by atoms with Crippen LogP contribution in [0.4, 0.5) is 5.69 Å². The van der Waals surface area contributed by atoms with Crippen LogP contribution in [0.5, 0.6) is 0 Å². The summed E-state index contributed by atoms with van der Waals surface area (Å²) in [5.74, 6) is 0.0162. The van der Waals surface area contributed by atoms with Crippen LogP contribution >= 0.6 is 11.3 Å². The Kier molecular flexibility index (Phi) is 3.12. The second kappa shape index (κ2) is 4.94. The van der Waals surface area contributed by atoms with E-state index in [1.165, 1.54) is 6.92 Å². The summed E-state index contributed by atoms with van der Waals surface area (Å²) in [5, 5.41) is 2.89. The zero-order valence-corrected chi connectivity index (χ0v) is 11.7. The lowest BCUT2D eigenvalue weighted by Crippen LogP contribution is -1.89. The molecule has 5 heteroatoms. The van der Waals surface area contributed by atoms with Gasteiger partial charge in [0.25, 0.3) is 0 Å². The minimum Gasteiger partial charge on any atom is -0.399 e. The highest BCUT2D eigenvalue weighted by atomic mass is 32.1. The van der Waals surface area contributed by atoms with Gasteiger partial charge in [0.15, 0.2) is 5.78 Å². The molecule has 0 spiro atoms. The maximum Gasteiger partial charge on any atom is 0.175 e. The summed E-state index contributed by atoms with van der Waals surface area (Å²) in [7, 11) is 0. The van der Waals surface area contributed by atoms with Crippen molar-refractivity contribution in [1.82, 2.24) is 9.97 Å². The van der Waals surface area contributed by atoms with Gasteiger partial charge in [-0.2, -0.15) is 0 Å². The quantitative estimate of drug-likeness (QED) is 0.570. The Labute approximate surface area is 120 Å². The molecule has 4 nitrogen and oxygen atoms in total. The van der Waals surface area contributed by atoms with E-state index in [9.17, 15) is 4.79 Å². The van der Waals surface area contributed by atoms with E-state index in [-0.39, 0.29) is 5.78 Å². The number of Topliss-reactive ketones (excluding diaryl/α,β-unsaturated/α-hetero) is 1. The van der Waals surface area contributed by atoms with Crippen LogP contribution in [0.2, 0.25) is 0 Å². The summed E-state index contributed by atoms with van der Waals surface area (Å²) in [4.78, 5) is 18.8. The van der Waals surface area contributed by atoms with Gasteiger partial charge in [-0.25, -0.2) is 4.98 Å². The van der Waals surface area contributed by atoms with Crippen molar-refractivity contribution >= 4 is 22.8 Å². The van der Waals surface area contributed by atoms with Gasteiger partial charge >= 0.3 is 0 Å². The standard InChI is InChI=1S/C15H13N3OS/c1-9(19)13-6-11(7-17-13)14-8-20-15(18-14)10-3-2-4-12(16)5-10/h2-8,17H,16H2,1H3. The van der Waals surface area contributed by atoms with Crippen LogP contribution < -0.4 is 5.73 Å². The van der Waals surface area contributed by atoms with E-state index in [1.54, 1.807) is 17.5 Å². The Morgan fingerprint density at radius 3 is 2.85 bits per heavy atom. The molecule has 3 rings (SSSR count). The highest BCUT2D eigenvalue weighted by Gasteiger charge is 2.10. The number of nitrogens with one attached hydrogen (secondary N) is 1. The van der Waals surface area contributed by atoms with Gasteiger partial charge in [-0.05, 0) is 18.2 Å². The molecule has 20 heavy (non-hydrogen) atoms. The summed E-state index contributed by atoms with van der Waals surface area (Å²) < 4.78 is 0. The van der Waals surface area contributed by atoms with Gasteiger partial charge in [0.05, 0.1) is 11.4 Å². The van der Waals surface area contributed by atoms with Crippen molar-refractivity contribution in [3.8, 4) is 21.8 Å². The first-order chi connectivity index (χ1) is 9.63. The lowest BCUT2D eigenvalue weighted by Gasteiger charge is -1.97. The van der Waals surface area contributed by atoms with Gasteiger partial charge < -0.3 is 10.7 Å². The van der Waals surface area contributed by atoms with Crippen LogP contribution in [0.3, 0.4) is 0 Å². The minimum atomic E-state index is 0.0162. The van der Waals surface area contributed by atoms with Crippen LogP contribution in [0.25, 0.3) is 21.8 Å². The van der Waals surface area contributed by atoms with Gasteiger partial charge in [0.1, 0.15) is 5.01 Å². The molecule has 0 aliphatic rings.